The van der Waals surface area contributed by atoms with E-state index in [1.54, 1.807) is 0 Å². The lowest BCUT2D eigenvalue weighted by molar-refractivity contribution is 0.605. The van der Waals surface area contributed by atoms with Gasteiger partial charge in [0.1, 0.15) is 16.1 Å². The first-order valence-electron chi connectivity index (χ1n) is 7.32. The monoisotopic (exact) mass is 296 g/mol. The van der Waals surface area contributed by atoms with Gasteiger partial charge >= 0.3 is 0 Å². The highest BCUT2D eigenvalue weighted by molar-refractivity contribution is 6.93. The summed E-state index contributed by atoms with van der Waals surface area (Å²) in [4.78, 5) is 0. The van der Waals surface area contributed by atoms with Gasteiger partial charge in [0.25, 0.3) is 0 Å². The van der Waals surface area contributed by atoms with Crippen LogP contribution in [0.3, 0.4) is 0 Å². The number of rotatable bonds is 2. The zero-order chi connectivity index (χ0) is 15.3. The summed E-state index contributed by atoms with van der Waals surface area (Å²) in [5.41, 5.74) is 0. The summed E-state index contributed by atoms with van der Waals surface area (Å²) in [5.74, 6) is 0. The Morgan fingerprint density at radius 3 is 1.16 bits per heavy atom. The molecule has 1 nitrogen and oxygen atoms in total. The molecule has 110 valence electrons. The summed E-state index contributed by atoms with van der Waals surface area (Å²) in [5, 5.41) is 3.19. The first-order valence-corrected chi connectivity index (χ1v) is 13.3. The molecule has 0 radical (unpaired) electrons. The molecule has 1 heterocycles. The molecule has 0 bridgehead atoms. The van der Waals surface area contributed by atoms with Crippen molar-refractivity contribution >= 4 is 26.9 Å². The molecule has 0 aliphatic carbocycles. The number of hydrogen-bond acceptors (Lipinski definition) is 1. The smallest absolute Gasteiger partial charge is 0.131 e. The van der Waals surface area contributed by atoms with Gasteiger partial charge < -0.3 is 4.42 Å². The molecule has 0 N–H and O–H groups in total. The van der Waals surface area contributed by atoms with Crippen LogP contribution in [0.15, 0.2) is 16.5 Å². The molecule has 0 unspecified atom stereocenters. The van der Waals surface area contributed by atoms with Gasteiger partial charge in [-0.2, -0.15) is 0 Å². The highest BCUT2D eigenvalue weighted by Crippen LogP contribution is 2.37. The van der Waals surface area contributed by atoms with Crippen molar-refractivity contribution in [3.63, 3.8) is 0 Å². The molecule has 0 saturated heterocycles. The Morgan fingerprint density at radius 2 is 0.947 bits per heavy atom. The molecule has 0 amide bonds. The van der Waals surface area contributed by atoms with E-state index < -0.39 is 16.1 Å². The molecule has 0 saturated carbocycles. The van der Waals surface area contributed by atoms with Crippen molar-refractivity contribution in [1.29, 1.82) is 0 Å². The maximum atomic E-state index is 6.39. The van der Waals surface area contributed by atoms with Crippen molar-refractivity contribution < 1.29 is 4.42 Å². The van der Waals surface area contributed by atoms with E-state index in [-0.39, 0.29) is 0 Å². The van der Waals surface area contributed by atoms with E-state index in [2.05, 4.69) is 79.9 Å². The van der Waals surface area contributed by atoms with Crippen LogP contribution >= 0.6 is 0 Å². The maximum absolute atomic E-state index is 6.39. The lowest BCUT2D eigenvalue weighted by Gasteiger charge is -2.36. The van der Waals surface area contributed by atoms with Crippen molar-refractivity contribution in [3.8, 4) is 0 Å². The molecule has 1 aromatic rings. The summed E-state index contributed by atoms with van der Waals surface area (Å²) in [7, 11) is -3.09. The molecule has 0 spiro atoms. The molecule has 0 aromatic carbocycles. The summed E-state index contributed by atoms with van der Waals surface area (Å²) < 4.78 is 6.39. The molecule has 1 rings (SSSR count). The Balaban J connectivity index is 3.22. The summed E-state index contributed by atoms with van der Waals surface area (Å²) in [6.07, 6.45) is 0. The first kappa shape index (κ1) is 16.8. The second-order valence-corrected chi connectivity index (χ2v) is 19.4. The first-order chi connectivity index (χ1) is 8.21. The average molecular weight is 297 g/mol. The van der Waals surface area contributed by atoms with Crippen LogP contribution in [0.2, 0.25) is 36.3 Å². The van der Waals surface area contributed by atoms with Gasteiger partial charge in [-0.1, -0.05) is 67.7 Å². The summed E-state index contributed by atoms with van der Waals surface area (Å²) >= 11 is 0. The molecule has 0 aliphatic heterocycles. The Morgan fingerprint density at radius 1 is 0.684 bits per heavy atom. The van der Waals surface area contributed by atoms with Crippen molar-refractivity contribution in [2.75, 3.05) is 0 Å². The van der Waals surface area contributed by atoms with Crippen LogP contribution in [0.1, 0.15) is 41.5 Å². The van der Waals surface area contributed by atoms with Crippen molar-refractivity contribution in [3.05, 3.63) is 12.1 Å². The predicted molar refractivity (Wildman–Crippen MR) is 92.4 cm³/mol. The Kier molecular flexibility index (Phi) is 4.08. The van der Waals surface area contributed by atoms with Crippen LogP contribution in [0.5, 0.6) is 0 Å². The molecular formula is C16H32OSi2. The van der Waals surface area contributed by atoms with E-state index in [4.69, 9.17) is 4.42 Å². The van der Waals surface area contributed by atoms with Crippen LogP contribution in [-0.2, 0) is 0 Å². The van der Waals surface area contributed by atoms with Crippen LogP contribution in [0.4, 0.5) is 0 Å². The van der Waals surface area contributed by atoms with Crippen LogP contribution in [-0.4, -0.2) is 16.1 Å². The minimum absolute atomic E-state index is 0.329. The van der Waals surface area contributed by atoms with Gasteiger partial charge in [0.2, 0.25) is 0 Å². The Labute approximate surface area is 121 Å². The second-order valence-electron chi connectivity index (χ2n) is 8.91. The molecule has 0 atom stereocenters. The van der Waals surface area contributed by atoms with Crippen molar-refractivity contribution in [1.82, 2.24) is 0 Å². The maximum Gasteiger partial charge on any atom is 0.131 e. The number of furan rings is 1. The number of hydrogen-bond donors (Lipinski definition) is 0. The highest BCUT2D eigenvalue weighted by atomic mass is 28.3. The van der Waals surface area contributed by atoms with E-state index >= 15 is 0 Å². The van der Waals surface area contributed by atoms with Crippen LogP contribution in [0, 0.1) is 0 Å². The van der Waals surface area contributed by atoms with E-state index in [1.807, 2.05) is 0 Å². The molecular weight excluding hydrogens is 264 g/mol. The predicted octanol–water partition coefficient (Wildman–Crippen LogP) is 4.71. The van der Waals surface area contributed by atoms with E-state index in [0.717, 1.165) is 0 Å². The lowest BCUT2D eigenvalue weighted by Crippen LogP contribution is -2.52. The topological polar surface area (TPSA) is 13.1 Å². The van der Waals surface area contributed by atoms with Gasteiger partial charge in [-0.05, 0) is 22.2 Å². The van der Waals surface area contributed by atoms with Gasteiger partial charge in [0.15, 0.2) is 0 Å². The fourth-order valence-electron chi connectivity index (χ4n) is 1.75. The standard InChI is InChI=1S/C16H32OSi2/c1-15(2,3)18(7,8)13-11-12-14(17-13)19(9,10)16(4,5)6/h11-12H,1-10H3. The third-order valence-electron chi connectivity index (χ3n) is 5.59. The quantitative estimate of drug-likeness (QED) is 0.720. The van der Waals surface area contributed by atoms with Gasteiger partial charge in [0.05, 0.1) is 10.8 Å². The highest BCUT2D eigenvalue weighted by Gasteiger charge is 2.43. The summed E-state index contributed by atoms with van der Waals surface area (Å²) in [6, 6.07) is 4.51. The normalized spacial score (nSPS) is 14.8. The fourth-order valence-corrected chi connectivity index (χ4v) is 5.06. The molecule has 19 heavy (non-hydrogen) atoms. The molecule has 0 aliphatic rings. The molecule has 3 heteroatoms. The zero-order valence-electron chi connectivity index (χ0n) is 14.6. The van der Waals surface area contributed by atoms with Gasteiger partial charge in [-0.15, -0.1) is 0 Å². The molecule has 0 fully saturated rings. The molecule has 1 aromatic heterocycles. The van der Waals surface area contributed by atoms with Crippen LogP contribution in [0.25, 0.3) is 0 Å². The SMILES string of the molecule is CC(C)(C)[Si](C)(C)c1ccc([Si](C)(C)C(C)(C)C)o1. The third-order valence-corrected chi connectivity index (χ3v) is 16.1. The fraction of sp³-hybridized carbons (Fsp3) is 0.750. The van der Waals surface area contributed by atoms with E-state index in [1.165, 1.54) is 10.8 Å². The Hall–Kier alpha value is -0.286. The van der Waals surface area contributed by atoms with Gasteiger partial charge in [0, 0.05) is 0 Å². The summed E-state index contributed by atoms with van der Waals surface area (Å²) in [6.45, 7) is 23.7. The van der Waals surface area contributed by atoms with Gasteiger partial charge in [-0.25, -0.2) is 0 Å². The van der Waals surface area contributed by atoms with Gasteiger partial charge in [-0.3, -0.25) is 0 Å². The average Bonchev–Trinajstić information content (AvgIpc) is 2.62. The van der Waals surface area contributed by atoms with E-state index in [9.17, 15) is 0 Å². The zero-order valence-corrected chi connectivity index (χ0v) is 16.6. The van der Waals surface area contributed by atoms with Crippen molar-refractivity contribution in [2.45, 2.75) is 77.8 Å². The second kappa shape index (κ2) is 4.62. The Bertz CT molecular complexity index is 402. The minimum Gasteiger partial charge on any atom is -0.476 e. The largest absolute Gasteiger partial charge is 0.476 e. The van der Waals surface area contributed by atoms with Crippen LogP contribution < -0.4 is 10.8 Å². The van der Waals surface area contributed by atoms with Crippen molar-refractivity contribution in [2.24, 2.45) is 0 Å². The van der Waals surface area contributed by atoms with E-state index in [0.29, 0.717) is 10.1 Å². The minimum atomic E-state index is -1.54. The third kappa shape index (κ3) is 2.92. The lowest BCUT2D eigenvalue weighted by atomic mass is 10.2.